The molecule has 2 aromatic heterocycles. The number of rotatable bonds is 8. The zero-order valence-electron chi connectivity index (χ0n) is 14.9. The minimum Gasteiger partial charge on any atom is -0.480 e. The molecule has 3 rings (SSSR count). The first-order valence-corrected chi connectivity index (χ1v) is 9.44. The molecule has 1 N–H and O–H groups in total. The third-order valence-electron chi connectivity index (χ3n) is 4.14. The third kappa shape index (κ3) is 5.04. The first-order valence-electron chi connectivity index (χ1n) is 8.56. The number of hydrogen-bond acceptors (Lipinski definition) is 5. The van der Waals surface area contributed by atoms with Gasteiger partial charge in [0, 0.05) is 6.54 Å². The van der Waals surface area contributed by atoms with E-state index < -0.39 is 5.97 Å². The maximum absolute atomic E-state index is 12.7. The van der Waals surface area contributed by atoms with Crippen LogP contribution in [0, 0.1) is 6.92 Å². The van der Waals surface area contributed by atoms with Crippen LogP contribution in [0.4, 0.5) is 0 Å². The van der Waals surface area contributed by atoms with Crippen molar-refractivity contribution in [2.45, 2.75) is 19.8 Å². The standard InChI is InChI=1S/C20H20N2O4S/c1-14-16(21-20(26-14)17-8-5-11-27-17)12-18(23)22(13-19(24)25)10-9-15-6-3-2-4-7-15/h2-8,11H,9-10,12-13H2,1H3,(H,24,25). The van der Waals surface area contributed by atoms with Crippen molar-refractivity contribution in [3.05, 3.63) is 64.9 Å². The van der Waals surface area contributed by atoms with Gasteiger partial charge in [-0.2, -0.15) is 0 Å². The molecule has 0 radical (unpaired) electrons. The molecule has 1 aromatic carbocycles. The lowest BCUT2D eigenvalue weighted by atomic mass is 10.1. The van der Waals surface area contributed by atoms with Crippen molar-refractivity contribution in [2.24, 2.45) is 0 Å². The Balaban J connectivity index is 1.69. The van der Waals surface area contributed by atoms with Crippen molar-refractivity contribution in [2.75, 3.05) is 13.1 Å². The van der Waals surface area contributed by atoms with Gasteiger partial charge in [0.2, 0.25) is 11.8 Å². The summed E-state index contributed by atoms with van der Waals surface area (Å²) in [5, 5.41) is 11.1. The molecule has 0 unspecified atom stereocenters. The number of oxazole rings is 1. The lowest BCUT2D eigenvalue weighted by Crippen LogP contribution is -2.38. The van der Waals surface area contributed by atoms with Crippen molar-refractivity contribution in [3.8, 4) is 10.8 Å². The highest BCUT2D eigenvalue weighted by molar-refractivity contribution is 7.13. The molecule has 0 spiro atoms. The number of aliphatic carboxylic acids is 1. The van der Waals surface area contributed by atoms with E-state index in [1.807, 2.05) is 47.8 Å². The summed E-state index contributed by atoms with van der Waals surface area (Å²) in [5.41, 5.74) is 1.59. The fraction of sp³-hybridized carbons (Fsp3) is 0.250. The Morgan fingerprint density at radius 2 is 1.96 bits per heavy atom. The van der Waals surface area contributed by atoms with Crippen LogP contribution < -0.4 is 0 Å². The molecule has 27 heavy (non-hydrogen) atoms. The molecule has 6 nitrogen and oxygen atoms in total. The highest BCUT2D eigenvalue weighted by Crippen LogP contribution is 2.26. The van der Waals surface area contributed by atoms with E-state index in [1.165, 1.54) is 16.2 Å². The predicted molar refractivity (Wildman–Crippen MR) is 103 cm³/mol. The number of aryl methyl sites for hydroxylation is 1. The van der Waals surface area contributed by atoms with E-state index >= 15 is 0 Å². The lowest BCUT2D eigenvalue weighted by molar-refractivity contribution is -0.144. The van der Waals surface area contributed by atoms with Gasteiger partial charge >= 0.3 is 5.97 Å². The van der Waals surface area contributed by atoms with E-state index in [0.717, 1.165) is 10.4 Å². The number of aromatic nitrogens is 1. The molecule has 0 aliphatic carbocycles. The summed E-state index contributed by atoms with van der Waals surface area (Å²) in [7, 11) is 0. The zero-order chi connectivity index (χ0) is 19.2. The Bertz CT molecular complexity index is 903. The van der Waals surface area contributed by atoms with E-state index in [0.29, 0.717) is 30.3 Å². The average molecular weight is 384 g/mol. The molecule has 0 saturated carbocycles. The zero-order valence-corrected chi connectivity index (χ0v) is 15.7. The SMILES string of the molecule is Cc1oc(-c2cccs2)nc1CC(=O)N(CCc1ccccc1)CC(=O)O. The summed E-state index contributed by atoms with van der Waals surface area (Å²) in [4.78, 5) is 30.5. The first kappa shape index (κ1) is 18.8. The smallest absolute Gasteiger partial charge is 0.323 e. The van der Waals surface area contributed by atoms with Crippen LogP contribution in [0.15, 0.2) is 52.3 Å². The number of carbonyl (C=O) groups is 2. The van der Waals surface area contributed by atoms with Crippen LogP contribution in [0.3, 0.4) is 0 Å². The number of benzene rings is 1. The normalized spacial score (nSPS) is 10.7. The second-order valence-electron chi connectivity index (χ2n) is 6.12. The van der Waals surface area contributed by atoms with Crippen LogP contribution in [-0.4, -0.2) is 40.0 Å². The molecule has 0 atom stereocenters. The van der Waals surface area contributed by atoms with Crippen molar-refractivity contribution in [1.29, 1.82) is 0 Å². The molecular formula is C20H20N2O4S. The summed E-state index contributed by atoms with van der Waals surface area (Å²) in [6.45, 7) is 1.77. The average Bonchev–Trinajstić information content (AvgIpc) is 3.29. The van der Waals surface area contributed by atoms with Crippen LogP contribution in [0.2, 0.25) is 0 Å². The van der Waals surface area contributed by atoms with Crippen molar-refractivity contribution >= 4 is 23.2 Å². The van der Waals surface area contributed by atoms with Gasteiger partial charge in [0.1, 0.15) is 12.3 Å². The molecule has 0 aliphatic rings. The van der Waals surface area contributed by atoms with Gasteiger partial charge in [0.25, 0.3) is 0 Å². The summed E-state index contributed by atoms with van der Waals surface area (Å²) in [5.74, 6) is -0.250. The fourth-order valence-electron chi connectivity index (χ4n) is 2.72. The summed E-state index contributed by atoms with van der Waals surface area (Å²) < 4.78 is 5.66. The van der Waals surface area contributed by atoms with E-state index in [-0.39, 0.29) is 18.9 Å². The van der Waals surface area contributed by atoms with Crippen LogP contribution in [0.5, 0.6) is 0 Å². The lowest BCUT2D eigenvalue weighted by Gasteiger charge is -2.20. The topological polar surface area (TPSA) is 83.6 Å². The number of carboxylic acid groups (broad SMARTS) is 1. The minimum absolute atomic E-state index is 0.0166. The largest absolute Gasteiger partial charge is 0.480 e. The quantitative estimate of drug-likeness (QED) is 0.643. The highest BCUT2D eigenvalue weighted by atomic mass is 32.1. The minimum atomic E-state index is -1.03. The van der Waals surface area contributed by atoms with Gasteiger partial charge in [-0.25, -0.2) is 4.98 Å². The van der Waals surface area contributed by atoms with Gasteiger partial charge < -0.3 is 14.4 Å². The number of carbonyl (C=O) groups excluding carboxylic acids is 1. The monoisotopic (exact) mass is 384 g/mol. The Morgan fingerprint density at radius 3 is 2.63 bits per heavy atom. The number of thiophene rings is 1. The maximum atomic E-state index is 12.7. The molecule has 1 amide bonds. The van der Waals surface area contributed by atoms with Crippen LogP contribution >= 0.6 is 11.3 Å². The summed E-state index contributed by atoms with van der Waals surface area (Å²) in [6, 6.07) is 13.5. The van der Waals surface area contributed by atoms with Crippen LogP contribution in [-0.2, 0) is 22.4 Å². The van der Waals surface area contributed by atoms with Gasteiger partial charge in [0.05, 0.1) is 17.0 Å². The molecular weight excluding hydrogens is 364 g/mol. The number of amides is 1. The summed E-state index contributed by atoms with van der Waals surface area (Å²) in [6.07, 6.45) is 0.612. The Kier molecular flexibility index (Phi) is 6.03. The fourth-order valence-corrected chi connectivity index (χ4v) is 3.37. The third-order valence-corrected chi connectivity index (χ3v) is 4.99. The molecule has 0 saturated heterocycles. The molecule has 140 valence electrons. The number of carboxylic acids is 1. The van der Waals surface area contributed by atoms with E-state index in [4.69, 9.17) is 9.52 Å². The second kappa shape index (κ2) is 8.64. The van der Waals surface area contributed by atoms with Gasteiger partial charge in [-0.15, -0.1) is 11.3 Å². The predicted octanol–water partition coefficient (Wildman–Crippen LogP) is 3.41. The Morgan fingerprint density at radius 1 is 1.19 bits per heavy atom. The number of hydrogen-bond donors (Lipinski definition) is 1. The van der Waals surface area contributed by atoms with Crippen LogP contribution in [0.25, 0.3) is 10.8 Å². The van der Waals surface area contributed by atoms with E-state index in [2.05, 4.69) is 4.98 Å². The van der Waals surface area contributed by atoms with Crippen molar-refractivity contribution in [1.82, 2.24) is 9.88 Å². The molecule has 0 bridgehead atoms. The van der Waals surface area contributed by atoms with Gasteiger partial charge in [-0.1, -0.05) is 36.4 Å². The maximum Gasteiger partial charge on any atom is 0.323 e. The van der Waals surface area contributed by atoms with Crippen molar-refractivity contribution < 1.29 is 19.1 Å². The molecule has 7 heteroatoms. The Labute approximate surface area is 161 Å². The second-order valence-corrected chi connectivity index (χ2v) is 7.07. The van der Waals surface area contributed by atoms with Gasteiger partial charge in [0.15, 0.2) is 0 Å². The van der Waals surface area contributed by atoms with Gasteiger partial charge in [-0.3, -0.25) is 9.59 Å². The molecule has 0 aliphatic heterocycles. The molecule has 2 heterocycles. The summed E-state index contributed by atoms with van der Waals surface area (Å²) >= 11 is 1.51. The van der Waals surface area contributed by atoms with Crippen LogP contribution in [0.1, 0.15) is 17.0 Å². The number of nitrogens with zero attached hydrogens (tertiary/aromatic N) is 2. The highest BCUT2D eigenvalue weighted by Gasteiger charge is 2.21. The van der Waals surface area contributed by atoms with Gasteiger partial charge in [-0.05, 0) is 30.4 Å². The van der Waals surface area contributed by atoms with E-state index in [1.54, 1.807) is 6.92 Å². The Hall–Kier alpha value is -2.93. The molecule has 3 aromatic rings. The molecule has 0 fully saturated rings. The first-order chi connectivity index (χ1) is 13.0. The van der Waals surface area contributed by atoms with Crippen molar-refractivity contribution in [3.63, 3.8) is 0 Å². The van der Waals surface area contributed by atoms with E-state index in [9.17, 15) is 9.59 Å².